The zero-order valence-electron chi connectivity index (χ0n) is 16.2. The normalized spacial score (nSPS) is 50.8. The lowest BCUT2D eigenvalue weighted by Gasteiger charge is -2.40. The van der Waals surface area contributed by atoms with Crippen molar-refractivity contribution in [1.29, 1.82) is 0 Å². The van der Waals surface area contributed by atoms with Crippen LogP contribution in [0.2, 0.25) is 0 Å². The average molecular weight is 378 g/mol. The van der Waals surface area contributed by atoms with Gasteiger partial charge in [0.25, 0.3) is 0 Å². The first kappa shape index (κ1) is 18.7. The number of hydrogen-bond donors (Lipinski definition) is 1. The first-order valence-electron chi connectivity index (χ1n) is 9.40. The molecule has 8 atom stereocenters. The van der Waals surface area contributed by atoms with Crippen molar-refractivity contribution in [1.82, 2.24) is 0 Å². The minimum atomic E-state index is -1.38. The average Bonchev–Trinajstić information content (AvgIpc) is 3.16. The number of aliphatic hydroxyl groups is 1. The molecule has 2 heterocycles. The number of rotatable bonds is 2. The Morgan fingerprint density at radius 1 is 1.33 bits per heavy atom. The first-order chi connectivity index (χ1) is 12.6. The van der Waals surface area contributed by atoms with Gasteiger partial charge in [-0.15, -0.1) is 0 Å². The second-order valence-corrected chi connectivity index (χ2v) is 8.62. The molecule has 7 nitrogen and oxygen atoms in total. The zero-order valence-corrected chi connectivity index (χ0v) is 16.2. The van der Waals surface area contributed by atoms with Crippen LogP contribution in [0, 0.1) is 17.8 Å². The van der Waals surface area contributed by atoms with E-state index >= 15 is 0 Å². The van der Waals surface area contributed by atoms with E-state index in [0.717, 1.165) is 0 Å². The van der Waals surface area contributed by atoms with Crippen LogP contribution in [0.5, 0.6) is 0 Å². The van der Waals surface area contributed by atoms with Gasteiger partial charge in [-0.2, -0.15) is 0 Å². The van der Waals surface area contributed by atoms with Gasteiger partial charge in [-0.1, -0.05) is 19.1 Å². The summed E-state index contributed by atoms with van der Waals surface area (Å²) in [6.07, 6.45) is 4.17. The van der Waals surface area contributed by atoms with E-state index in [1.165, 1.54) is 0 Å². The molecule has 0 aromatic heterocycles. The summed E-state index contributed by atoms with van der Waals surface area (Å²) in [5.74, 6) is -2.08. The van der Waals surface area contributed by atoms with Crippen LogP contribution in [0.15, 0.2) is 23.8 Å². The summed E-state index contributed by atoms with van der Waals surface area (Å²) in [5, 5.41) is 11.4. The Morgan fingerprint density at radius 2 is 2.04 bits per heavy atom. The second-order valence-electron chi connectivity index (χ2n) is 8.62. The summed E-state index contributed by atoms with van der Waals surface area (Å²) in [6, 6.07) is 0. The summed E-state index contributed by atoms with van der Waals surface area (Å²) in [6.45, 7) is 8.71. The number of carbonyl (C=O) groups excluding carboxylic acids is 2. The smallest absolute Gasteiger partial charge is 0.333 e. The Morgan fingerprint density at radius 3 is 2.63 bits per heavy atom. The third kappa shape index (κ3) is 2.31. The number of ether oxygens (including phenoxy) is 2. The summed E-state index contributed by atoms with van der Waals surface area (Å²) in [4.78, 5) is 36.1. The van der Waals surface area contributed by atoms with Crippen molar-refractivity contribution in [3.8, 4) is 0 Å². The fourth-order valence-electron chi connectivity index (χ4n) is 5.16. The van der Waals surface area contributed by atoms with E-state index in [2.05, 4.69) is 0 Å². The van der Waals surface area contributed by atoms with Crippen molar-refractivity contribution < 1.29 is 33.9 Å². The van der Waals surface area contributed by atoms with Crippen molar-refractivity contribution in [2.75, 3.05) is 0 Å². The van der Waals surface area contributed by atoms with Crippen LogP contribution in [-0.4, -0.2) is 46.1 Å². The summed E-state index contributed by atoms with van der Waals surface area (Å²) in [7, 11) is 0. The minimum Gasteiger partial charge on any atom is -0.461 e. The number of carbonyl (C=O) groups is 2. The van der Waals surface area contributed by atoms with Gasteiger partial charge in [0.2, 0.25) is 0 Å². The molecule has 3 fully saturated rings. The third-order valence-corrected chi connectivity index (χ3v) is 6.89. The number of esters is 2. The lowest BCUT2D eigenvalue weighted by atomic mass is 9.70. The molecule has 4 rings (SSSR count). The van der Waals surface area contributed by atoms with Crippen molar-refractivity contribution >= 4 is 11.9 Å². The molecule has 0 aromatic rings. The summed E-state index contributed by atoms with van der Waals surface area (Å²) in [5.41, 5.74) is -2.89. The molecule has 0 aromatic carbocycles. The van der Waals surface area contributed by atoms with Crippen LogP contribution in [0.1, 0.15) is 41.0 Å². The van der Waals surface area contributed by atoms with Crippen molar-refractivity contribution in [3.63, 3.8) is 0 Å². The van der Waals surface area contributed by atoms with Crippen LogP contribution in [0.4, 0.5) is 0 Å². The molecule has 1 saturated carbocycles. The molecule has 1 N–H and O–H groups in total. The Hall–Kier alpha value is -1.70. The predicted molar refractivity (Wildman–Crippen MR) is 93.0 cm³/mol. The highest BCUT2D eigenvalue weighted by molar-refractivity contribution is 5.87. The van der Waals surface area contributed by atoms with E-state index in [1.54, 1.807) is 39.8 Å². The third-order valence-electron chi connectivity index (χ3n) is 6.89. The van der Waals surface area contributed by atoms with Gasteiger partial charge < -0.3 is 14.6 Å². The van der Waals surface area contributed by atoms with Crippen molar-refractivity contribution in [2.45, 2.75) is 70.1 Å². The van der Waals surface area contributed by atoms with Crippen LogP contribution in [0.3, 0.4) is 0 Å². The highest BCUT2D eigenvalue weighted by Crippen LogP contribution is 2.62. The fourth-order valence-corrected chi connectivity index (χ4v) is 5.16. The van der Waals surface area contributed by atoms with Gasteiger partial charge in [0.05, 0.1) is 11.8 Å². The van der Waals surface area contributed by atoms with E-state index in [9.17, 15) is 14.7 Å². The molecule has 4 aliphatic rings. The molecule has 2 aliphatic heterocycles. The Labute approximate surface area is 158 Å². The van der Waals surface area contributed by atoms with Crippen LogP contribution in [0.25, 0.3) is 0 Å². The van der Waals surface area contributed by atoms with Gasteiger partial charge >= 0.3 is 11.9 Å². The molecule has 0 spiro atoms. The molecule has 27 heavy (non-hydrogen) atoms. The fraction of sp³-hybridized carbons (Fsp3) is 0.700. The SMILES string of the molecule is C/C=C(\C)C(=O)O[C@H]1C[C@@](C)(O)[C@@]23C=C[C@@](C)(OO2)[C@@H]3[C@H]2OC(=O)[C@@H](C)[C@@H]21. The van der Waals surface area contributed by atoms with Gasteiger partial charge in [-0.25, -0.2) is 14.6 Å². The van der Waals surface area contributed by atoms with Gasteiger partial charge in [0, 0.05) is 17.9 Å². The van der Waals surface area contributed by atoms with Crippen LogP contribution < -0.4 is 0 Å². The van der Waals surface area contributed by atoms with E-state index in [1.807, 2.05) is 13.0 Å². The maximum atomic E-state index is 12.4. The molecule has 148 valence electrons. The van der Waals surface area contributed by atoms with Crippen LogP contribution in [-0.2, 0) is 28.8 Å². The Balaban J connectivity index is 1.79. The topological polar surface area (TPSA) is 91.3 Å². The van der Waals surface area contributed by atoms with Crippen molar-refractivity contribution in [3.05, 3.63) is 23.8 Å². The van der Waals surface area contributed by atoms with E-state index in [4.69, 9.17) is 19.2 Å². The van der Waals surface area contributed by atoms with E-state index in [-0.39, 0.29) is 12.4 Å². The lowest BCUT2D eigenvalue weighted by molar-refractivity contribution is -0.361. The maximum absolute atomic E-state index is 12.4. The summed E-state index contributed by atoms with van der Waals surface area (Å²) < 4.78 is 11.5. The molecule has 7 heteroatoms. The molecule has 2 aliphatic carbocycles. The standard InChI is InChI=1S/C20H26O7/c1-6-10(2)16(21)24-12-9-19(5,23)20-8-7-18(4,26-27-20)15(20)14-13(12)11(3)17(22)25-14/h6-8,11-15,23H,9H2,1-5H3/b10-6+/t11-,12-,13+,14-,15-,18+,19+,20-/m0/s1. The predicted octanol–water partition coefficient (Wildman–Crippen LogP) is 1.84. The molecule has 2 bridgehead atoms. The van der Waals surface area contributed by atoms with Gasteiger partial charge in [-0.3, -0.25) is 4.79 Å². The Bertz CT molecular complexity index is 753. The van der Waals surface area contributed by atoms with Gasteiger partial charge in [-0.05, 0) is 33.8 Å². The minimum absolute atomic E-state index is 0.109. The highest BCUT2D eigenvalue weighted by Gasteiger charge is 2.75. The molecular weight excluding hydrogens is 352 g/mol. The van der Waals surface area contributed by atoms with E-state index in [0.29, 0.717) is 5.57 Å². The monoisotopic (exact) mass is 378 g/mol. The van der Waals surface area contributed by atoms with Crippen molar-refractivity contribution in [2.24, 2.45) is 17.8 Å². The molecule has 2 saturated heterocycles. The van der Waals surface area contributed by atoms with Gasteiger partial charge in [0.15, 0.2) is 5.60 Å². The van der Waals surface area contributed by atoms with E-state index < -0.39 is 52.7 Å². The molecular formula is C20H26O7. The maximum Gasteiger partial charge on any atom is 0.333 e. The summed E-state index contributed by atoms with van der Waals surface area (Å²) >= 11 is 0. The molecule has 0 radical (unpaired) electrons. The quantitative estimate of drug-likeness (QED) is 0.339. The molecule has 0 amide bonds. The highest BCUT2D eigenvalue weighted by atomic mass is 17.2. The number of hydrogen-bond acceptors (Lipinski definition) is 7. The zero-order chi connectivity index (χ0) is 19.8. The first-order valence-corrected chi connectivity index (χ1v) is 9.40. The number of fused-ring (bicyclic) bond motifs is 1. The lowest BCUT2D eigenvalue weighted by Crippen LogP contribution is -2.56. The largest absolute Gasteiger partial charge is 0.461 e. The molecule has 0 unspecified atom stereocenters. The Kier molecular flexibility index (Phi) is 3.91. The number of allylic oxidation sites excluding steroid dienone is 1. The van der Waals surface area contributed by atoms with Crippen LogP contribution >= 0.6 is 0 Å². The second kappa shape index (κ2) is 5.65. The van der Waals surface area contributed by atoms with Gasteiger partial charge in [0.1, 0.15) is 23.4 Å².